The van der Waals surface area contributed by atoms with Gasteiger partial charge in [0.15, 0.2) is 0 Å². The lowest BCUT2D eigenvalue weighted by molar-refractivity contribution is 0.429. The van der Waals surface area contributed by atoms with Crippen LogP contribution in [0.5, 0.6) is 5.75 Å². The molecule has 1 fully saturated rings. The number of aromatic hydroxyl groups is 1. The molecule has 3 heteroatoms. The lowest BCUT2D eigenvalue weighted by Gasteiger charge is -2.25. The highest BCUT2D eigenvalue weighted by Gasteiger charge is 2.28. The third-order valence-corrected chi connectivity index (χ3v) is 5.04. The van der Waals surface area contributed by atoms with E-state index in [0.717, 1.165) is 10.8 Å². The Kier molecular flexibility index (Phi) is 4.57. The predicted octanol–water partition coefficient (Wildman–Crippen LogP) is 3.64. The van der Waals surface area contributed by atoms with Gasteiger partial charge < -0.3 is 10.4 Å². The van der Waals surface area contributed by atoms with Gasteiger partial charge >= 0.3 is 0 Å². The number of aryl methyl sites for hydroxylation is 1. The fourth-order valence-corrected chi connectivity index (χ4v) is 3.78. The highest BCUT2D eigenvalue weighted by Crippen LogP contribution is 2.32. The molecule has 0 radical (unpaired) electrons. The number of phenols is 1. The minimum atomic E-state index is 0.211. The standard InChI is InChI=1S/C15H23NOS/c1-10-7-8-14(17)12(9-10)11(2)16-13-5-4-6-15(13)18-3/h7-9,11,13,15-17H,4-6H2,1-3H3. The second-order valence-corrected chi connectivity index (χ2v) is 6.34. The van der Waals surface area contributed by atoms with Gasteiger partial charge in [0.1, 0.15) is 5.75 Å². The lowest BCUT2D eigenvalue weighted by atomic mass is 10.0. The van der Waals surface area contributed by atoms with Crippen LogP contribution in [-0.4, -0.2) is 22.7 Å². The molecule has 0 aromatic heterocycles. The Morgan fingerprint density at radius 2 is 2.17 bits per heavy atom. The van der Waals surface area contributed by atoms with Gasteiger partial charge in [0, 0.05) is 22.9 Å². The van der Waals surface area contributed by atoms with E-state index < -0.39 is 0 Å². The van der Waals surface area contributed by atoms with Crippen LogP contribution in [0.4, 0.5) is 0 Å². The number of nitrogens with one attached hydrogen (secondary N) is 1. The summed E-state index contributed by atoms with van der Waals surface area (Å²) < 4.78 is 0. The highest BCUT2D eigenvalue weighted by atomic mass is 32.2. The van der Waals surface area contributed by atoms with Gasteiger partial charge in [-0.2, -0.15) is 11.8 Å². The third-order valence-electron chi connectivity index (χ3n) is 3.87. The summed E-state index contributed by atoms with van der Waals surface area (Å²) in [6.07, 6.45) is 6.07. The molecule has 1 aliphatic rings. The average molecular weight is 265 g/mol. The minimum absolute atomic E-state index is 0.211. The number of hydrogen-bond donors (Lipinski definition) is 2. The highest BCUT2D eigenvalue weighted by molar-refractivity contribution is 7.99. The zero-order valence-corrected chi connectivity index (χ0v) is 12.3. The van der Waals surface area contributed by atoms with E-state index in [0.29, 0.717) is 11.8 Å². The van der Waals surface area contributed by atoms with E-state index in [4.69, 9.17) is 0 Å². The van der Waals surface area contributed by atoms with E-state index in [1.54, 1.807) is 6.07 Å². The van der Waals surface area contributed by atoms with Crippen LogP contribution in [0.15, 0.2) is 18.2 Å². The van der Waals surface area contributed by atoms with Gasteiger partial charge in [-0.3, -0.25) is 0 Å². The van der Waals surface area contributed by atoms with Crippen molar-refractivity contribution in [3.63, 3.8) is 0 Å². The van der Waals surface area contributed by atoms with Gasteiger partial charge in [0.25, 0.3) is 0 Å². The van der Waals surface area contributed by atoms with Crippen molar-refractivity contribution >= 4 is 11.8 Å². The van der Waals surface area contributed by atoms with E-state index in [1.165, 1.54) is 24.8 Å². The average Bonchev–Trinajstić information content (AvgIpc) is 2.79. The van der Waals surface area contributed by atoms with E-state index in [2.05, 4.69) is 31.5 Å². The van der Waals surface area contributed by atoms with E-state index in [9.17, 15) is 5.11 Å². The number of hydrogen-bond acceptors (Lipinski definition) is 3. The summed E-state index contributed by atoms with van der Waals surface area (Å²) in [6.45, 7) is 4.21. The van der Waals surface area contributed by atoms with Crippen molar-refractivity contribution in [3.8, 4) is 5.75 Å². The molecule has 3 atom stereocenters. The zero-order chi connectivity index (χ0) is 13.1. The first kappa shape index (κ1) is 13.8. The van der Waals surface area contributed by atoms with Gasteiger partial charge in [-0.15, -0.1) is 0 Å². The Morgan fingerprint density at radius 1 is 1.39 bits per heavy atom. The van der Waals surface area contributed by atoms with Crippen LogP contribution < -0.4 is 5.32 Å². The quantitative estimate of drug-likeness (QED) is 0.872. The first-order valence-corrected chi connectivity index (χ1v) is 7.99. The van der Waals surface area contributed by atoms with Crippen LogP contribution in [0.25, 0.3) is 0 Å². The summed E-state index contributed by atoms with van der Waals surface area (Å²) in [7, 11) is 0. The molecule has 2 nitrogen and oxygen atoms in total. The van der Waals surface area contributed by atoms with Crippen molar-refractivity contribution in [1.82, 2.24) is 5.32 Å². The molecule has 2 N–H and O–H groups in total. The summed E-state index contributed by atoms with van der Waals surface area (Å²) in [5.74, 6) is 0.402. The number of benzene rings is 1. The number of rotatable bonds is 4. The summed E-state index contributed by atoms with van der Waals surface area (Å²) in [4.78, 5) is 0. The molecule has 0 bridgehead atoms. The molecule has 1 saturated carbocycles. The van der Waals surface area contributed by atoms with Crippen LogP contribution in [-0.2, 0) is 0 Å². The minimum Gasteiger partial charge on any atom is -0.508 e. The summed E-state index contributed by atoms with van der Waals surface area (Å²) >= 11 is 1.96. The van der Waals surface area contributed by atoms with Crippen LogP contribution in [0.1, 0.15) is 43.4 Å². The Hall–Kier alpha value is -0.670. The molecular weight excluding hydrogens is 242 g/mol. The molecule has 1 aromatic rings. The summed E-state index contributed by atoms with van der Waals surface area (Å²) in [6, 6.07) is 6.61. The smallest absolute Gasteiger partial charge is 0.120 e. The maximum atomic E-state index is 9.96. The topological polar surface area (TPSA) is 32.3 Å². The van der Waals surface area contributed by atoms with Gasteiger partial charge in [-0.05, 0) is 39.0 Å². The first-order valence-electron chi connectivity index (χ1n) is 6.70. The molecule has 2 rings (SSSR count). The van der Waals surface area contributed by atoms with Crippen molar-refractivity contribution in [1.29, 1.82) is 0 Å². The van der Waals surface area contributed by atoms with Crippen LogP contribution in [0.3, 0.4) is 0 Å². The molecule has 0 aliphatic heterocycles. The lowest BCUT2D eigenvalue weighted by Crippen LogP contribution is -2.35. The third kappa shape index (κ3) is 3.01. The van der Waals surface area contributed by atoms with Gasteiger partial charge in [-0.25, -0.2) is 0 Å². The molecule has 1 aromatic carbocycles. The second kappa shape index (κ2) is 5.98. The van der Waals surface area contributed by atoms with Gasteiger partial charge in [0.2, 0.25) is 0 Å². The maximum absolute atomic E-state index is 9.96. The SMILES string of the molecule is CSC1CCCC1NC(C)c1cc(C)ccc1O. The summed E-state index contributed by atoms with van der Waals surface area (Å²) in [5, 5.41) is 14.4. The normalized spacial score (nSPS) is 25.3. The van der Waals surface area contributed by atoms with Gasteiger partial charge in [0.05, 0.1) is 0 Å². The maximum Gasteiger partial charge on any atom is 0.120 e. The Balaban J connectivity index is 2.07. The molecule has 0 heterocycles. The van der Waals surface area contributed by atoms with Crippen molar-refractivity contribution in [2.24, 2.45) is 0 Å². The zero-order valence-electron chi connectivity index (χ0n) is 11.4. The summed E-state index contributed by atoms with van der Waals surface area (Å²) in [5.41, 5.74) is 2.21. The first-order chi connectivity index (χ1) is 8.61. The molecule has 0 spiro atoms. The van der Waals surface area contributed by atoms with Crippen molar-refractivity contribution < 1.29 is 5.11 Å². The molecule has 3 unspecified atom stereocenters. The molecular formula is C15H23NOS. The molecule has 18 heavy (non-hydrogen) atoms. The molecule has 100 valence electrons. The predicted molar refractivity (Wildman–Crippen MR) is 79.3 cm³/mol. The fourth-order valence-electron chi connectivity index (χ4n) is 2.83. The van der Waals surface area contributed by atoms with Gasteiger partial charge in [-0.1, -0.05) is 24.1 Å². The monoisotopic (exact) mass is 265 g/mol. The largest absolute Gasteiger partial charge is 0.508 e. The fraction of sp³-hybridized carbons (Fsp3) is 0.600. The Morgan fingerprint density at radius 3 is 2.89 bits per heavy atom. The molecule has 0 saturated heterocycles. The van der Waals surface area contributed by atoms with E-state index in [-0.39, 0.29) is 6.04 Å². The molecule has 1 aliphatic carbocycles. The van der Waals surface area contributed by atoms with E-state index >= 15 is 0 Å². The van der Waals surface area contributed by atoms with Crippen LogP contribution >= 0.6 is 11.8 Å². The number of phenolic OH excluding ortho intramolecular Hbond substituents is 1. The molecule has 0 amide bonds. The second-order valence-electron chi connectivity index (χ2n) is 5.26. The van der Waals surface area contributed by atoms with Crippen LogP contribution in [0, 0.1) is 6.92 Å². The Bertz CT molecular complexity index is 407. The van der Waals surface area contributed by atoms with Crippen molar-refractivity contribution in [2.45, 2.75) is 50.4 Å². The van der Waals surface area contributed by atoms with Crippen molar-refractivity contribution in [3.05, 3.63) is 29.3 Å². The van der Waals surface area contributed by atoms with Crippen LogP contribution in [0.2, 0.25) is 0 Å². The van der Waals surface area contributed by atoms with Crippen molar-refractivity contribution in [2.75, 3.05) is 6.26 Å². The van der Waals surface area contributed by atoms with E-state index in [1.807, 2.05) is 17.8 Å². The Labute approximate surface area is 114 Å². The number of thioether (sulfide) groups is 1.